The molecule has 1 saturated heterocycles. The molecular formula is C19H28N2O3. The first-order valence-corrected chi connectivity index (χ1v) is 8.76. The highest BCUT2D eigenvalue weighted by Crippen LogP contribution is 2.38. The van der Waals surface area contributed by atoms with Crippen molar-refractivity contribution in [3.8, 4) is 11.5 Å². The third-order valence-electron chi connectivity index (χ3n) is 4.71. The molecule has 0 aromatic heterocycles. The molecule has 5 nitrogen and oxygen atoms in total. The standard InChI is InChI=1S/C19H28N2O3/c1-5-6-9-16-14(4)17(22)12(2)13(3)18(16)24-19(23)21-15-8-7-10-20-11-15/h20,22H,5-11H2,1-4H3. The van der Waals surface area contributed by atoms with Crippen LogP contribution in [0, 0.1) is 20.8 Å². The zero-order valence-electron chi connectivity index (χ0n) is 15.2. The van der Waals surface area contributed by atoms with Gasteiger partial charge in [0.15, 0.2) is 0 Å². The molecule has 0 aliphatic carbocycles. The van der Waals surface area contributed by atoms with Crippen molar-refractivity contribution in [2.24, 2.45) is 4.99 Å². The fraction of sp³-hybridized carbons (Fsp3) is 0.579. The van der Waals surface area contributed by atoms with Gasteiger partial charge in [0.25, 0.3) is 0 Å². The summed E-state index contributed by atoms with van der Waals surface area (Å²) in [4.78, 5) is 16.4. The fourth-order valence-electron chi connectivity index (χ4n) is 3.03. The number of hydrogen-bond donors (Lipinski definition) is 2. The number of carbonyl (C=O) groups is 1. The van der Waals surface area contributed by atoms with E-state index >= 15 is 0 Å². The number of rotatable bonds is 4. The highest BCUT2D eigenvalue weighted by molar-refractivity contribution is 5.95. The lowest BCUT2D eigenvalue weighted by atomic mass is 9.94. The topological polar surface area (TPSA) is 70.9 Å². The van der Waals surface area contributed by atoms with Crippen LogP contribution in [0.4, 0.5) is 4.79 Å². The van der Waals surface area contributed by atoms with E-state index in [9.17, 15) is 9.90 Å². The third-order valence-corrected chi connectivity index (χ3v) is 4.71. The Balaban J connectivity index is 2.31. The molecule has 0 unspecified atom stereocenters. The molecular weight excluding hydrogens is 304 g/mol. The van der Waals surface area contributed by atoms with Gasteiger partial charge in [0.2, 0.25) is 0 Å². The second-order valence-electron chi connectivity index (χ2n) is 6.46. The first-order valence-electron chi connectivity index (χ1n) is 8.76. The molecule has 0 bridgehead atoms. The van der Waals surface area contributed by atoms with E-state index in [1.54, 1.807) is 0 Å². The maximum absolute atomic E-state index is 12.3. The van der Waals surface area contributed by atoms with Crippen LogP contribution in [0.1, 0.15) is 54.9 Å². The summed E-state index contributed by atoms with van der Waals surface area (Å²) in [6.07, 6.45) is 4.04. The lowest BCUT2D eigenvalue weighted by Gasteiger charge is -2.19. The summed E-state index contributed by atoms with van der Waals surface area (Å²) in [7, 11) is 0. The number of benzene rings is 1. The molecule has 1 heterocycles. The summed E-state index contributed by atoms with van der Waals surface area (Å²) in [5.41, 5.74) is 4.10. The highest BCUT2D eigenvalue weighted by Gasteiger charge is 2.20. The van der Waals surface area contributed by atoms with E-state index in [0.29, 0.717) is 18.0 Å². The van der Waals surface area contributed by atoms with Gasteiger partial charge < -0.3 is 15.2 Å². The van der Waals surface area contributed by atoms with Crippen molar-refractivity contribution >= 4 is 11.8 Å². The Labute approximate surface area is 144 Å². The Morgan fingerprint density at radius 3 is 2.62 bits per heavy atom. The van der Waals surface area contributed by atoms with Crippen molar-refractivity contribution in [3.05, 3.63) is 22.3 Å². The molecule has 5 heteroatoms. The number of phenolic OH excluding ortho intramolecular Hbond substituents is 1. The van der Waals surface area contributed by atoms with Gasteiger partial charge in [-0.3, -0.25) is 0 Å². The van der Waals surface area contributed by atoms with Crippen LogP contribution in [-0.2, 0) is 6.42 Å². The Hall–Kier alpha value is -1.88. The summed E-state index contributed by atoms with van der Waals surface area (Å²) < 4.78 is 5.63. The van der Waals surface area contributed by atoms with Gasteiger partial charge in [-0.2, -0.15) is 4.99 Å². The Kier molecular flexibility index (Phi) is 6.37. The number of aromatic hydroxyl groups is 1. The van der Waals surface area contributed by atoms with Gasteiger partial charge >= 0.3 is 6.09 Å². The van der Waals surface area contributed by atoms with E-state index in [1.807, 2.05) is 20.8 Å². The molecule has 0 spiro atoms. The number of amides is 1. The van der Waals surface area contributed by atoms with Gasteiger partial charge in [-0.15, -0.1) is 0 Å². The van der Waals surface area contributed by atoms with E-state index in [-0.39, 0.29) is 0 Å². The fourth-order valence-corrected chi connectivity index (χ4v) is 3.03. The first kappa shape index (κ1) is 18.5. The minimum Gasteiger partial charge on any atom is -0.507 e. The SMILES string of the molecule is CCCCc1c(C)c(O)c(C)c(C)c1OC(=O)N=C1CCCNC1. The van der Waals surface area contributed by atoms with E-state index in [1.165, 1.54) is 0 Å². The van der Waals surface area contributed by atoms with E-state index in [0.717, 1.165) is 66.6 Å². The molecule has 2 N–H and O–H groups in total. The molecule has 1 aromatic carbocycles. The maximum atomic E-state index is 12.3. The summed E-state index contributed by atoms with van der Waals surface area (Å²) in [6.45, 7) is 9.32. The maximum Gasteiger partial charge on any atom is 0.439 e. The van der Waals surface area contributed by atoms with Crippen LogP contribution in [0.3, 0.4) is 0 Å². The van der Waals surface area contributed by atoms with Crippen LogP contribution in [0.2, 0.25) is 0 Å². The van der Waals surface area contributed by atoms with E-state index in [2.05, 4.69) is 17.2 Å². The Bertz CT molecular complexity index is 643. The zero-order chi connectivity index (χ0) is 17.7. The molecule has 132 valence electrons. The number of nitrogens with zero attached hydrogens (tertiary/aromatic N) is 1. The van der Waals surface area contributed by atoms with Gasteiger partial charge in [-0.25, -0.2) is 4.79 Å². The second kappa shape index (κ2) is 8.29. The number of piperidine rings is 1. The molecule has 1 aliphatic heterocycles. The van der Waals surface area contributed by atoms with Gasteiger partial charge in [0.1, 0.15) is 11.5 Å². The average molecular weight is 332 g/mol. The van der Waals surface area contributed by atoms with Crippen molar-refractivity contribution in [1.29, 1.82) is 0 Å². The van der Waals surface area contributed by atoms with Crippen molar-refractivity contribution in [1.82, 2.24) is 5.32 Å². The van der Waals surface area contributed by atoms with Crippen LogP contribution in [-0.4, -0.2) is 30.0 Å². The second-order valence-corrected chi connectivity index (χ2v) is 6.46. The van der Waals surface area contributed by atoms with Crippen LogP contribution < -0.4 is 10.1 Å². The van der Waals surface area contributed by atoms with Crippen molar-refractivity contribution in [3.63, 3.8) is 0 Å². The lowest BCUT2D eigenvalue weighted by Crippen LogP contribution is -2.30. The molecule has 2 rings (SSSR count). The van der Waals surface area contributed by atoms with Crippen LogP contribution in [0.15, 0.2) is 4.99 Å². The highest BCUT2D eigenvalue weighted by atomic mass is 16.5. The largest absolute Gasteiger partial charge is 0.507 e. The van der Waals surface area contributed by atoms with Gasteiger partial charge in [-0.05, 0) is 69.7 Å². The predicted molar refractivity (Wildman–Crippen MR) is 96.5 cm³/mol. The molecule has 0 radical (unpaired) electrons. The minimum absolute atomic E-state index is 0.293. The lowest BCUT2D eigenvalue weighted by molar-refractivity contribution is 0.210. The number of aliphatic imine (C=N–C) groups is 1. The summed E-state index contributed by atoms with van der Waals surface area (Å²) >= 11 is 0. The number of nitrogens with one attached hydrogen (secondary N) is 1. The van der Waals surface area contributed by atoms with E-state index < -0.39 is 6.09 Å². The molecule has 1 aromatic rings. The average Bonchev–Trinajstić information content (AvgIpc) is 2.58. The van der Waals surface area contributed by atoms with Crippen LogP contribution in [0.5, 0.6) is 11.5 Å². The van der Waals surface area contributed by atoms with Crippen molar-refractivity contribution in [2.75, 3.05) is 13.1 Å². The summed E-state index contributed by atoms with van der Waals surface area (Å²) in [6, 6.07) is 0. The number of ether oxygens (including phenoxy) is 1. The van der Waals surface area contributed by atoms with Crippen LogP contribution in [0.25, 0.3) is 0 Å². The number of carbonyl (C=O) groups excluding carboxylic acids is 1. The molecule has 1 amide bonds. The summed E-state index contributed by atoms with van der Waals surface area (Å²) in [5.74, 6) is 0.857. The van der Waals surface area contributed by atoms with Crippen LogP contribution >= 0.6 is 0 Å². The van der Waals surface area contributed by atoms with Gasteiger partial charge in [0.05, 0.1) is 0 Å². The Morgan fingerprint density at radius 1 is 1.25 bits per heavy atom. The van der Waals surface area contributed by atoms with Gasteiger partial charge in [0, 0.05) is 17.8 Å². The molecule has 1 aliphatic rings. The molecule has 1 fully saturated rings. The number of phenols is 1. The predicted octanol–water partition coefficient (Wildman–Crippen LogP) is 3.98. The molecule has 0 atom stereocenters. The van der Waals surface area contributed by atoms with Gasteiger partial charge in [-0.1, -0.05) is 13.3 Å². The van der Waals surface area contributed by atoms with E-state index in [4.69, 9.17) is 4.74 Å². The zero-order valence-corrected chi connectivity index (χ0v) is 15.2. The number of unbranched alkanes of at least 4 members (excludes halogenated alkanes) is 1. The first-order chi connectivity index (χ1) is 11.5. The third kappa shape index (κ3) is 4.15. The minimum atomic E-state index is -0.570. The Morgan fingerprint density at radius 2 is 2.00 bits per heavy atom. The molecule has 24 heavy (non-hydrogen) atoms. The molecule has 0 saturated carbocycles. The normalized spacial score (nSPS) is 16.4. The quantitative estimate of drug-likeness (QED) is 0.875. The van der Waals surface area contributed by atoms with Crippen molar-refractivity contribution in [2.45, 2.75) is 59.8 Å². The number of hydrogen-bond acceptors (Lipinski definition) is 4. The summed E-state index contributed by atoms with van der Waals surface area (Å²) in [5, 5.41) is 13.5. The monoisotopic (exact) mass is 332 g/mol. The van der Waals surface area contributed by atoms with Crippen molar-refractivity contribution < 1.29 is 14.6 Å². The smallest absolute Gasteiger partial charge is 0.439 e.